The Kier molecular flexibility index (Phi) is 5.64. The van der Waals surface area contributed by atoms with Crippen LogP contribution in [0.15, 0.2) is 48.5 Å². The van der Waals surface area contributed by atoms with E-state index in [1.807, 2.05) is 30.1 Å². The summed E-state index contributed by atoms with van der Waals surface area (Å²) in [6, 6.07) is 13.4. The number of carbonyl (C=O) groups is 1. The molecule has 5 rings (SSSR count). The molecule has 0 aliphatic carbocycles. The van der Waals surface area contributed by atoms with Crippen molar-refractivity contribution in [3.8, 4) is 0 Å². The zero-order chi connectivity index (χ0) is 23.2. The molecule has 0 saturated carbocycles. The molecule has 174 valence electrons. The molecule has 33 heavy (non-hydrogen) atoms. The Bertz CT molecular complexity index is 1150. The summed E-state index contributed by atoms with van der Waals surface area (Å²) in [6.45, 7) is 2.88. The van der Waals surface area contributed by atoms with E-state index in [-0.39, 0.29) is 11.9 Å². The predicted molar refractivity (Wildman–Crippen MR) is 119 cm³/mol. The summed E-state index contributed by atoms with van der Waals surface area (Å²) in [5.74, 6) is 1.49. The van der Waals surface area contributed by atoms with Gasteiger partial charge in [-0.25, -0.2) is 4.98 Å². The number of carbonyl (C=O) groups excluding carboxylic acids is 1. The van der Waals surface area contributed by atoms with Gasteiger partial charge in [0, 0.05) is 39.1 Å². The summed E-state index contributed by atoms with van der Waals surface area (Å²) in [7, 11) is 2.04. The number of aryl methyl sites for hydroxylation is 1. The lowest BCUT2D eigenvalue weighted by atomic mass is 9.83. The van der Waals surface area contributed by atoms with Gasteiger partial charge in [0.2, 0.25) is 5.91 Å². The molecule has 3 aromatic rings. The molecule has 2 aromatic carbocycles. The highest BCUT2D eigenvalue weighted by molar-refractivity contribution is 5.77. The Labute approximate surface area is 190 Å². The number of fused-ring (bicyclic) bond motifs is 2. The minimum Gasteiger partial charge on any atom is -0.335 e. The van der Waals surface area contributed by atoms with Crippen LogP contribution in [0.25, 0.3) is 11.0 Å². The van der Waals surface area contributed by atoms with Crippen molar-refractivity contribution in [3.63, 3.8) is 0 Å². The Morgan fingerprint density at radius 2 is 1.79 bits per heavy atom. The molecule has 2 saturated heterocycles. The Balaban J connectivity index is 1.27. The molecule has 2 aliphatic heterocycles. The molecule has 1 aromatic heterocycles. The number of imidazole rings is 1. The van der Waals surface area contributed by atoms with Crippen LogP contribution in [0.3, 0.4) is 0 Å². The summed E-state index contributed by atoms with van der Waals surface area (Å²) < 4.78 is 40.7. The number of hydrogen-bond acceptors (Lipinski definition) is 3. The highest BCUT2D eigenvalue weighted by Crippen LogP contribution is 2.34. The van der Waals surface area contributed by atoms with Crippen molar-refractivity contribution in [2.24, 2.45) is 13.0 Å². The Morgan fingerprint density at radius 1 is 1.03 bits per heavy atom. The number of halogens is 3. The van der Waals surface area contributed by atoms with Gasteiger partial charge in [-0.1, -0.05) is 24.3 Å². The molecular formula is C25H27F3N4O. The number of rotatable bonds is 4. The second-order valence-corrected chi connectivity index (χ2v) is 9.18. The van der Waals surface area contributed by atoms with E-state index in [1.54, 1.807) is 0 Å². The van der Waals surface area contributed by atoms with Gasteiger partial charge in [-0.15, -0.1) is 0 Å². The van der Waals surface area contributed by atoms with Crippen LogP contribution in [0.2, 0.25) is 0 Å². The molecule has 2 aliphatic rings. The van der Waals surface area contributed by atoms with Gasteiger partial charge >= 0.3 is 6.18 Å². The minimum atomic E-state index is -4.35. The lowest BCUT2D eigenvalue weighted by Crippen LogP contribution is -2.55. The molecule has 0 N–H and O–H groups in total. The van der Waals surface area contributed by atoms with Gasteiger partial charge in [-0.2, -0.15) is 13.2 Å². The second-order valence-electron chi connectivity index (χ2n) is 9.18. The van der Waals surface area contributed by atoms with Crippen molar-refractivity contribution < 1.29 is 18.0 Å². The monoisotopic (exact) mass is 456 g/mol. The van der Waals surface area contributed by atoms with Crippen LogP contribution in [-0.4, -0.2) is 44.4 Å². The summed E-state index contributed by atoms with van der Waals surface area (Å²) in [6.07, 6.45) is -2.15. The van der Waals surface area contributed by atoms with E-state index >= 15 is 0 Å². The number of aromatic nitrogens is 2. The van der Waals surface area contributed by atoms with E-state index in [0.29, 0.717) is 18.9 Å². The van der Waals surface area contributed by atoms with Gasteiger partial charge in [-0.3, -0.25) is 9.69 Å². The van der Waals surface area contributed by atoms with Crippen LogP contribution in [0.4, 0.5) is 13.2 Å². The molecule has 0 bridgehead atoms. The zero-order valence-corrected chi connectivity index (χ0v) is 18.6. The maximum absolute atomic E-state index is 12.9. The maximum Gasteiger partial charge on any atom is 0.416 e. The highest BCUT2D eigenvalue weighted by Gasteiger charge is 2.39. The van der Waals surface area contributed by atoms with Crippen LogP contribution in [0.5, 0.6) is 0 Å². The lowest BCUT2D eigenvalue weighted by Gasteiger charge is -2.47. The molecule has 2 fully saturated rings. The van der Waals surface area contributed by atoms with E-state index in [4.69, 9.17) is 4.98 Å². The first-order valence-electron chi connectivity index (χ1n) is 11.4. The second kappa shape index (κ2) is 8.48. The normalized spacial score (nSPS) is 22.1. The average Bonchev–Trinajstić information content (AvgIpc) is 3.11. The molecule has 3 heterocycles. The van der Waals surface area contributed by atoms with Gasteiger partial charge in [0.05, 0.1) is 23.1 Å². The smallest absolute Gasteiger partial charge is 0.335 e. The van der Waals surface area contributed by atoms with Crippen LogP contribution >= 0.6 is 0 Å². The van der Waals surface area contributed by atoms with Gasteiger partial charge < -0.3 is 9.47 Å². The summed E-state index contributed by atoms with van der Waals surface area (Å²) in [5.41, 5.74) is 2.19. The van der Waals surface area contributed by atoms with Crippen LogP contribution in [0, 0.1) is 5.92 Å². The van der Waals surface area contributed by atoms with Gasteiger partial charge in [0.15, 0.2) is 0 Å². The van der Waals surface area contributed by atoms with Gasteiger partial charge in [-0.05, 0) is 48.6 Å². The lowest BCUT2D eigenvalue weighted by molar-refractivity contribution is -0.142. The van der Waals surface area contributed by atoms with Crippen molar-refractivity contribution >= 4 is 16.9 Å². The molecule has 5 nitrogen and oxygen atoms in total. The number of benzene rings is 2. The van der Waals surface area contributed by atoms with Crippen LogP contribution in [-0.2, 0) is 31.1 Å². The molecule has 0 radical (unpaired) electrons. The fourth-order valence-corrected chi connectivity index (χ4v) is 5.31. The minimum absolute atomic E-state index is 0.0972. The third kappa shape index (κ3) is 4.36. The van der Waals surface area contributed by atoms with Gasteiger partial charge in [0.25, 0.3) is 0 Å². The standard InChI is InChI=1S/C25H27F3N4O/c1-30-22-5-3-2-4-20(22)29-23(30)16-31-13-12-21-18(15-31)8-11-24(33)32(21)14-17-6-9-19(10-7-17)25(26,27)28/h2-7,9-10,18,21H,8,11-16H2,1H3/t18-,21+/m1/s1. The van der Waals surface area contributed by atoms with Crippen LogP contribution in [0.1, 0.15) is 36.2 Å². The molecule has 1 amide bonds. The summed E-state index contributed by atoms with van der Waals surface area (Å²) in [5, 5.41) is 0. The largest absolute Gasteiger partial charge is 0.416 e. The summed E-state index contributed by atoms with van der Waals surface area (Å²) >= 11 is 0. The number of hydrogen-bond donors (Lipinski definition) is 0. The maximum atomic E-state index is 12.9. The fraction of sp³-hybridized carbons (Fsp3) is 0.440. The quantitative estimate of drug-likeness (QED) is 0.576. The predicted octanol–water partition coefficient (Wildman–Crippen LogP) is 4.61. The Hall–Kier alpha value is -2.87. The van der Waals surface area contributed by atoms with E-state index in [0.717, 1.165) is 67.0 Å². The molecule has 0 unspecified atom stereocenters. The number of likely N-dealkylation sites (tertiary alicyclic amines) is 2. The first-order valence-corrected chi connectivity index (χ1v) is 11.4. The van der Waals surface area contributed by atoms with E-state index in [2.05, 4.69) is 15.5 Å². The molecular weight excluding hydrogens is 429 g/mol. The van der Waals surface area contributed by atoms with Crippen molar-refractivity contribution in [2.45, 2.75) is 44.6 Å². The molecule has 8 heteroatoms. The number of para-hydroxylation sites is 2. The third-order valence-corrected chi connectivity index (χ3v) is 7.11. The highest BCUT2D eigenvalue weighted by atomic mass is 19.4. The van der Waals surface area contributed by atoms with Crippen LogP contribution < -0.4 is 0 Å². The number of nitrogens with zero attached hydrogens (tertiary/aromatic N) is 4. The van der Waals surface area contributed by atoms with Crippen molar-refractivity contribution in [2.75, 3.05) is 13.1 Å². The number of alkyl halides is 3. The topological polar surface area (TPSA) is 41.4 Å². The summed E-state index contributed by atoms with van der Waals surface area (Å²) in [4.78, 5) is 21.8. The number of piperidine rings is 2. The first-order chi connectivity index (χ1) is 15.8. The van der Waals surface area contributed by atoms with Gasteiger partial charge in [0.1, 0.15) is 5.82 Å². The fourth-order valence-electron chi connectivity index (χ4n) is 5.31. The molecule has 2 atom stereocenters. The molecule has 0 spiro atoms. The van der Waals surface area contributed by atoms with E-state index in [1.165, 1.54) is 12.1 Å². The van der Waals surface area contributed by atoms with E-state index in [9.17, 15) is 18.0 Å². The first kappa shape index (κ1) is 21.9. The van der Waals surface area contributed by atoms with Crippen molar-refractivity contribution in [1.29, 1.82) is 0 Å². The third-order valence-electron chi connectivity index (χ3n) is 7.11. The SMILES string of the molecule is Cn1c(CN2CC[C@H]3[C@H](CCC(=O)N3Cc3ccc(C(F)(F)F)cc3)C2)nc2ccccc21. The van der Waals surface area contributed by atoms with Crippen molar-refractivity contribution in [1.82, 2.24) is 19.4 Å². The van der Waals surface area contributed by atoms with Crippen molar-refractivity contribution in [3.05, 3.63) is 65.5 Å². The van der Waals surface area contributed by atoms with E-state index < -0.39 is 11.7 Å². The average molecular weight is 457 g/mol. The number of amides is 1. The zero-order valence-electron chi connectivity index (χ0n) is 18.6. The Morgan fingerprint density at radius 3 is 2.52 bits per heavy atom.